The normalized spacial score (nSPS) is 11.5. The van der Waals surface area contributed by atoms with E-state index in [0.29, 0.717) is 50.5 Å². The van der Waals surface area contributed by atoms with E-state index in [4.69, 9.17) is 9.47 Å². The van der Waals surface area contributed by atoms with Gasteiger partial charge in [-0.15, -0.1) is 0 Å². The van der Waals surface area contributed by atoms with E-state index in [2.05, 4.69) is 5.32 Å². The van der Waals surface area contributed by atoms with Crippen molar-refractivity contribution in [2.45, 2.75) is 46.1 Å². The largest absolute Gasteiger partial charge is 0.490 e. The maximum absolute atomic E-state index is 13.1. The van der Waals surface area contributed by atoms with E-state index < -0.39 is 6.04 Å². The van der Waals surface area contributed by atoms with Gasteiger partial charge in [0, 0.05) is 20.0 Å². The van der Waals surface area contributed by atoms with Crippen molar-refractivity contribution in [2.75, 3.05) is 26.8 Å². The van der Waals surface area contributed by atoms with E-state index in [-0.39, 0.29) is 11.8 Å². The molecule has 0 saturated carbocycles. The van der Waals surface area contributed by atoms with Crippen LogP contribution in [-0.4, -0.2) is 49.6 Å². The highest BCUT2D eigenvalue weighted by Gasteiger charge is 2.24. The molecule has 0 bridgehead atoms. The summed E-state index contributed by atoms with van der Waals surface area (Å²) < 4.78 is 11.3. The van der Waals surface area contributed by atoms with E-state index in [9.17, 15) is 9.59 Å². The van der Waals surface area contributed by atoms with E-state index in [1.807, 2.05) is 62.4 Å². The van der Waals surface area contributed by atoms with Gasteiger partial charge in [-0.2, -0.15) is 0 Å². The zero-order valence-electron chi connectivity index (χ0n) is 19.0. The predicted molar refractivity (Wildman–Crippen MR) is 122 cm³/mol. The summed E-state index contributed by atoms with van der Waals surface area (Å²) in [5.74, 6) is 1.19. The number of likely N-dealkylation sites (N-methyl/N-ethyl adjacent to an activating group) is 1. The number of benzene rings is 2. The SMILES string of the molecule is CCOc1ccc(CCC(=O)N(CCc2ccccc2)[C@@H](C)C(=O)NC)cc1OCC. The van der Waals surface area contributed by atoms with Gasteiger partial charge in [0.15, 0.2) is 11.5 Å². The Morgan fingerprint density at radius 1 is 0.935 bits per heavy atom. The zero-order valence-corrected chi connectivity index (χ0v) is 19.0. The van der Waals surface area contributed by atoms with Crippen molar-refractivity contribution in [1.29, 1.82) is 0 Å². The summed E-state index contributed by atoms with van der Waals surface area (Å²) in [5.41, 5.74) is 2.13. The summed E-state index contributed by atoms with van der Waals surface area (Å²) in [6, 6.07) is 15.2. The number of nitrogens with one attached hydrogen (secondary N) is 1. The topological polar surface area (TPSA) is 67.9 Å². The van der Waals surface area contributed by atoms with Gasteiger partial charge < -0.3 is 19.7 Å². The highest BCUT2D eigenvalue weighted by molar-refractivity contribution is 5.87. The lowest BCUT2D eigenvalue weighted by molar-refractivity contribution is -0.139. The Morgan fingerprint density at radius 2 is 1.61 bits per heavy atom. The third-order valence-electron chi connectivity index (χ3n) is 5.13. The Labute approximate surface area is 185 Å². The van der Waals surface area contributed by atoms with Gasteiger partial charge in [0.1, 0.15) is 6.04 Å². The van der Waals surface area contributed by atoms with Crippen LogP contribution in [0.3, 0.4) is 0 Å². The molecule has 6 heteroatoms. The first-order valence-corrected chi connectivity index (χ1v) is 10.9. The maximum Gasteiger partial charge on any atom is 0.242 e. The molecule has 0 aliphatic carbocycles. The molecule has 1 atom stereocenters. The average Bonchev–Trinajstić information content (AvgIpc) is 2.79. The number of rotatable bonds is 12. The van der Waals surface area contributed by atoms with Gasteiger partial charge in [-0.05, 0) is 56.9 Å². The van der Waals surface area contributed by atoms with E-state index in [1.54, 1.807) is 18.9 Å². The molecular formula is C25H34N2O4. The van der Waals surface area contributed by atoms with Crippen LogP contribution in [0, 0.1) is 0 Å². The summed E-state index contributed by atoms with van der Waals surface area (Å²) in [6.07, 6.45) is 1.58. The first-order chi connectivity index (χ1) is 15.0. The number of carbonyl (C=O) groups excluding carboxylic acids is 2. The minimum Gasteiger partial charge on any atom is -0.490 e. The summed E-state index contributed by atoms with van der Waals surface area (Å²) in [4.78, 5) is 27.0. The van der Waals surface area contributed by atoms with Gasteiger partial charge in [0.05, 0.1) is 13.2 Å². The van der Waals surface area contributed by atoms with Crippen molar-refractivity contribution in [2.24, 2.45) is 0 Å². The van der Waals surface area contributed by atoms with Gasteiger partial charge in [0.25, 0.3) is 0 Å². The van der Waals surface area contributed by atoms with Crippen molar-refractivity contribution >= 4 is 11.8 Å². The van der Waals surface area contributed by atoms with Crippen LogP contribution in [0.4, 0.5) is 0 Å². The second kappa shape index (κ2) is 12.6. The first kappa shape index (κ1) is 24.3. The molecule has 2 aromatic rings. The molecule has 0 radical (unpaired) electrons. The van der Waals surface area contributed by atoms with E-state index in [0.717, 1.165) is 11.1 Å². The van der Waals surface area contributed by atoms with Gasteiger partial charge >= 0.3 is 0 Å². The molecule has 2 amide bonds. The quantitative estimate of drug-likeness (QED) is 0.563. The van der Waals surface area contributed by atoms with Crippen LogP contribution in [0.1, 0.15) is 38.3 Å². The van der Waals surface area contributed by atoms with Crippen molar-refractivity contribution in [3.8, 4) is 11.5 Å². The average molecular weight is 427 g/mol. The Balaban J connectivity index is 2.08. The van der Waals surface area contributed by atoms with Gasteiger partial charge in [0.2, 0.25) is 11.8 Å². The number of hydrogen-bond acceptors (Lipinski definition) is 4. The molecule has 0 fully saturated rings. The molecule has 2 aromatic carbocycles. The van der Waals surface area contributed by atoms with Crippen LogP contribution >= 0.6 is 0 Å². The predicted octanol–water partition coefficient (Wildman–Crippen LogP) is 3.62. The number of carbonyl (C=O) groups is 2. The summed E-state index contributed by atoms with van der Waals surface area (Å²) >= 11 is 0. The van der Waals surface area contributed by atoms with Crippen LogP contribution in [0.25, 0.3) is 0 Å². The minimum absolute atomic E-state index is 0.0427. The second-order valence-electron chi connectivity index (χ2n) is 7.26. The molecule has 6 nitrogen and oxygen atoms in total. The standard InChI is InChI=1S/C25H34N2O4/c1-5-30-22-14-12-21(18-23(22)31-6-2)13-15-24(28)27(19(3)25(29)26-4)17-16-20-10-8-7-9-11-20/h7-12,14,18-19H,5-6,13,15-17H2,1-4H3,(H,26,29)/t19-/m0/s1. The van der Waals surface area contributed by atoms with Gasteiger partial charge in [-0.3, -0.25) is 9.59 Å². The lowest BCUT2D eigenvalue weighted by Gasteiger charge is -2.28. The molecule has 0 spiro atoms. The molecule has 0 aliphatic heterocycles. The van der Waals surface area contributed by atoms with Crippen molar-refractivity contribution in [1.82, 2.24) is 10.2 Å². The Hall–Kier alpha value is -3.02. The van der Waals surface area contributed by atoms with Crippen molar-refractivity contribution in [3.05, 3.63) is 59.7 Å². The third kappa shape index (κ3) is 7.31. The number of amides is 2. The zero-order chi connectivity index (χ0) is 22.6. The molecule has 0 aromatic heterocycles. The number of aryl methyl sites for hydroxylation is 1. The van der Waals surface area contributed by atoms with Crippen molar-refractivity contribution < 1.29 is 19.1 Å². The molecule has 168 valence electrons. The molecule has 31 heavy (non-hydrogen) atoms. The number of ether oxygens (including phenoxy) is 2. The molecule has 2 rings (SSSR count). The monoisotopic (exact) mass is 426 g/mol. The summed E-state index contributed by atoms with van der Waals surface area (Å²) in [7, 11) is 1.59. The second-order valence-corrected chi connectivity index (χ2v) is 7.26. The molecule has 0 heterocycles. The van der Waals surface area contributed by atoms with Crippen LogP contribution < -0.4 is 14.8 Å². The van der Waals surface area contributed by atoms with Crippen molar-refractivity contribution in [3.63, 3.8) is 0 Å². The molecular weight excluding hydrogens is 392 g/mol. The third-order valence-corrected chi connectivity index (χ3v) is 5.13. The van der Waals surface area contributed by atoms with E-state index in [1.165, 1.54) is 0 Å². The van der Waals surface area contributed by atoms with E-state index >= 15 is 0 Å². The Bertz CT molecular complexity index is 839. The smallest absolute Gasteiger partial charge is 0.242 e. The van der Waals surface area contributed by atoms with Crippen LogP contribution in [0.2, 0.25) is 0 Å². The Morgan fingerprint density at radius 3 is 2.26 bits per heavy atom. The molecule has 0 unspecified atom stereocenters. The lowest BCUT2D eigenvalue weighted by atomic mass is 10.1. The van der Waals surface area contributed by atoms with Crippen LogP contribution in [0.15, 0.2) is 48.5 Å². The van der Waals surface area contributed by atoms with Crippen LogP contribution in [-0.2, 0) is 22.4 Å². The van der Waals surface area contributed by atoms with Gasteiger partial charge in [-0.1, -0.05) is 36.4 Å². The molecule has 0 aliphatic rings. The van der Waals surface area contributed by atoms with Gasteiger partial charge in [-0.25, -0.2) is 0 Å². The fourth-order valence-electron chi connectivity index (χ4n) is 3.42. The first-order valence-electron chi connectivity index (χ1n) is 10.9. The summed E-state index contributed by atoms with van der Waals surface area (Å²) in [5, 5.41) is 2.65. The highest BCUT2D eigenvalue weighted by atomic mass is 16.5. The molecule has 1 N–H and O–H groups in total. The number of hydrogen-bond donors (Lipinski definition) is 1. The highest BCUT2D eigenvalue weighted by Crippen LogP contribution is 2.29. The maximum atomic E-state index is 13.1. The fourth-order valence-corrected chi connectivity index (χ4v) is 3.42. The fraction of sp³-hybridized carbons (Fsp3) is 0.440. The minimum atomic E-state index is -0.527. The lowest BCUT2D eigenvalue weighted by Crippen LogP contribution is -2.48. The van der Waals surface area contributed by atoms with Crippen LogP contribution in [0.5, 0.6) is 11.5 Å². The summed E-state index contributed by atoms with van der Waals surface area (Å²) in [6.45, 7) is 7.22. The number of nitrogens with zero attached hydrogens (tertiary/aromatic N) is 1. The Kier molecular flexibility index (Phi) is 9.88. The molecule has 0 saturated heterocycles.